The largest absolute Gasteiger partial charge is 0.508 e. The van der Waals surface area contributed by atoms with E-state index in [0.717, 1.165) is 11.1 Å². The lowest BCUT2D eigenvalue weighted by Crippen LogP contribution is -1.87. The minimum Gasteiger partial charge on any atom is -0.508 e. The lowest BCUT2D eigenvalue weighted by molar-refractivity contribution is 0.398. The maximum Gasteiger partial charge on any atom is 0.213 e. The van der Waals surface area contributed by atoms with E-state index in [-0.39, 0.29) is 5.75 Å². The Morgan fingerprint density at radius 3 is 2.67 bits per heavy atom. The van der Waals surface area contributed by atoms with Crippen molar-refractivity contribution in [3.63, 3.8) is 0 Å². The Balaban J connectivity index is 2.44. The van der Waals surface area contributed by atoms with Crippen molar-refractivity contribution in [2.45, 2.75) is 0 Å². The highest BCUT2D eigenvalue weighted by atomic mass is 16.5. The monoisotopic (exact) mass is 201 g/mol. The van der Waals surface area contributed by atoms with Gasteiger partial charge in [0.2, 0.25) is 5.88 Å². The number of phenols is 1. The average molecular weight is 201 g/mol. The Kier molecular flexibility index (Phi) is 2.54. The van der Waals surface area contributed by atoms with Crippen molar-refractivity contribution < 1.29 is 9.84 Å². The van der Waals surface area contributed by atoms with Gasteiger partial charge < -0.3 is 9.84 Å². The van der Waals surface area contributed by atoms with Gasteiger partial charge in [-0.2, -0.15) is 0 Å². The van der Waals surface area contributed by atoms with Gasteiger partial charge in [0.1, 0.15) is 5.75 Å². The van der Waals surface area contributed by atoms with E-state index in [4.69, 9.17) is 4.74 Å². The summed E-state index contributed by atoms with van der Waals surface area (Å²) in [6.45, 7) is 0. The number of ether oxygens (including phenoxy) is 1. The maximum atomic E-state index is 9.35. The van der Waals surface area contributed by atoms with E-state index in [2.05, 4.69) is 4.98 Å². The molecule has 0 saturated heterocycles. The zero-order valence-corrected chi connectivity index (χ0v) is 8.34. The highest BCUT2D eigenvalue weighted by molar-refractivity contribution is 5.65. The molecule has 0 saturated carbocycles. The van der Waals surface area contributed by atoms with Gasteiger partial charge in [0.25, 0.3) is 0 Å². The molecule has 76 valence electrons. The van der Waals surface area contributed by atoms with Crippen LogP contribution in [0.15, 0.2) is 42.6 Å². The van der Waals surface area contributed by atoms with Gasteiger partial charge in [-0.25, -0.2) is 4.98 Å². The average Bonchev–Trinajstić information content (AvgIpc) is 2.29. The molecule has 2 rings (SSSR count). The number of aromatic nitrogens is 1. The van der Waals surface area contributed by atoms with E-state index >= 15 is 0 Å². The van der Waals surface area contributed by atoms with E-state index in [1.165, 1.54) is 0 Å². The Morgan fingerprint density at radius 2 is 1.93 bits per heavy atom. The molecule has 0 radical (unpaired) electrons. The second-order valence-corrected chi connectivity index (χ2v) is 3.14. The predicted octanol–water partition coefficient (Wildman–Crippen LogP) is 2.46. The van der Waals surface area contributed by atoms with Crippen LogP contribution < -0.4 is 4.74 Å². The number of hydrogen-bond acceptors (Lipinski definition) is 3. The third-order valence-corrected chi connectivity index (χ3v) is 2.12. The van der Waals surface area contributed by atoms with Crippen LogP contribution in [-0.2, 0) is 0 Å². The molecule has 0 bridgehead atoms. The van der Waals surface area contributed by atoms with E-state index < -0.39 is 0 Å². The quantitative estimate of drug-likeness (QED) is 0.811. The second-order valence-electron chi connectivity index (χ2n) is 3.14. The fourth-order valence-corrected chi connectivity index (χ4v) is 1.39. The zero-order chi connectivity index (χ0) is 10.7. The van der Waals surface area contributed by atoms with E-state index in [0.29, 0.717) is 5.88 Å². The van der Waals surface area contributed by atoms with Crippen molar-refractivity contribution in [1.82, 2.24) is 4.98 Å². The van der Waals surface area contributed by atoms with Crippen LogP contribution in [0.4, 0.5) is 0 Å². The summed E-state index contributed by atoms with van der Waals surface area (Å²) in [5, 5.41) is 9.35. The van der Waals surface area contributed by atoms with Gasteiger partial charge in [0, 0.05) is 12.3 Å². The molecule has 0 fully saturated rings. The zero-order valence-electron chi connectivity index (χ0n) is 8.34. The molecule has 0 aliphatic carbocycles. The normalized spacial score (nSPS) is 9.93. The van der Waals surface area contributed by atoms with Crippen LogP contribution in [-0.4, -0.2) is 17.2 Å². The molecule has 1 N–H and O–H groups in total. The van der Waals surface area contributed by atoms with Crippen LogP contribution in [0.25, 0.3) is 11.1 Å². The van der Waals surface area contributed by atoms with Crippen molar-refractivity contribution in [3.8, 4) is 22.8 Å². The summed E-state index contributed by atoms with van der Waals surface area (Å²) in [4.78, 5) is 4.02. The molecule has 0 spiro atoms. The van der Waals surface area contributed by atoms with Gasteiger partial charge in [-0.3, -0.25) is 0 Å². The molecule has 0 unspecified atom stereocenters. The molecule has 1 aromatic carbocycles. The number of hydrogen-bond donors (Lipinski definition) is 1. The standard InChI is InChI=1S/C12H11NO2/c1-15-12-8-10(5-6-13-12)9-3-2-4-11(14)7-9/h2-8,14H,1H3. The van der Waals surface area contributed by atoms with Crippen LogP contribution in [0, 0.1) is 0 Å². The van der Waals surface area contributed by atoms with E-state index in [1.807, 2.05) is 18.2 Å². The first kappa shape index (κ1) is 9.52. The first-order valence-electron chi connectivity index (χ1n) is 4.59. The molecule has 1 aromatic heterocycles. The summed E-state index contributed by atoms with van der Waals surface area (Å²) >= 11 is 0. The fraction of sp³-hybridized carbons (Fsp3) is 0.0833. The number of aromatic hydroxyl groups is 1. The van der Waals surface area contributed by atoms with E-state index in [9.17, 15) is 5.11 Å². The van der Waals surface area contributed by atoms with Gasteiger partial charge in [-0.1, -0.05) is 12.1 Å². The highest BCUT2D eigenvalue weighted by Gasteiger charge is 2.00. The first-order chi connectivity index (χ1) is 7.29. The number of rotatable bonds is 2. The van der Waals surface area contributed by atoms with Crippen molar-refractivity contribution >= 4 is 0 Å². The van der Waals surface area contributed by atoms with Crippen molar-refractivity contribution in [2.75, 3.05) is 7.11 Å². The Labute approximate surface area is 88.0 Å². The first-order valence-corrected chi connectivity index (χ1v) is 4.59. The summed E-state index contributed by atoms with van der Waals surface area (Å²) in [6.07, 6.45) is 1.68. The third-order valence-electron chi connectivity index (χ3n) is 2.12. The molecule has 2 aromatic rings. The molecule has 0 atom stereocenters. The third kappa shape index (κ3) is 2.07. The summed E-state index contributed by atoms with van der Waals surface area (Å²) in [6, 6.07) is 10.8. The molecule has 0 amide bonds. The fourth-order valence-electron chi connectivity index (χ4n) is 1.39. The van der Waals surface area contributed by atoms with Gasteiger partial charge in [-0.05, 0) is 29.3 Å². The van der Waals surface area contributed by atoms with Crippen molar-refractivity contribution in [1.29, 1.82) is 0 Å². The lowest BCUT2D eigenvalue weighted by atomic mass is 10.1. The van der Waals surface area contributed by atoms with Crippen molar-refractivity contribution in [3.05, 3.63) is 42.6 Å². The second kappa shape index (κ2) is 4.00. The van der Waals surface area contributed by atoms with Gasteiger partial charge in [-0.15, -0.1) is 0 Å². The number of pyridine rings is 1. The molecular weight excluding hydrogens is 190 g/mol. The minimum atomic E-state index is 0.253. The number of benzene rings is 1. The molecule has 3 heteroatoms. The molecule has 3 nitrogen and oxygen atoms in total. The summed E-state index contributed by atoms with van der Waals surface area (Å²) in [5.74, 6) is 0.819. The Morgan fingerprint density at radius 1 is 1.13 bits per heavy atom. The van der Waals surface area contributed by atoms with Crippen LogP contribution in [0.1, 0.15) is 0 Å². The molecule has 1 heterocycles. The Bertz CT molecular complexity index is 469. The smallest absolute Gasteiger partial charge is 0.213 e. The van der Waals surface area contributed by atoms with Crippen molar-refractivity contribution in [2.24, 2.45) is 0 Å². The predicted molar refractivity (Wildman–Crippen MR) is 57.9 cm³/mol. The summed E-state index contributed by atoms with van der Waals surface area (Å²) in [5.41, 5.74) is 1.91. The van der Waals surface area contributed by atoms with Gasteiger partial charge in [0.15, 0.2) is 0 Å². The van der Waals surface area contributed by atoms with Gasteiger partial charge in [0.05, 0.1) is 7.11 Å². The van der Waals surface area contributed by atoms with E-state index in [1.54, 1.807) is 31.5 Å². The molecule has 15 heavy (non-hydrogen) atoms. The van der Waals surface area contributed by atoms with Crippen LogP contribution in [0.3, 0.4) is 0 Å². The topological polar surface area (TPSA) is 42.4 Å². The van der Waals surface area contributed by atoms with Gasteiger partial charge >= 0.3 is 0 Å². The van der Waals surface area contributed by atoms with Crippen LogP contribution in [0.2, 0.25) is 0 Å². The molecule has 0 aliphatic heterocycles. The highest BCUT2D eigenvalue weighted by Crippen LogP contribution is 2.24. The SMILES string of the molecule is COc1cc(-c2cccc(O)c2)ccn1. The lowest BCUT2D eigenvalue weighted by Gasteiger charge is -2.03. The maximum absolute atomic E-state index is 9.35. The number of phenolic OH excluding ortho intramolecular Hbond substituents is 1. The summed E-state index contributed by atoms with van der Waals surface area (Å²) in [7, 11) is 1.58. The minimum absolute atomic E-state index is 0.253. The molecular formula is C12H11NO2. The number of nitrogens with zero attached hydrogens (tertiary/aromatic N) is 1. The van der Waals surface area contributed by atoms with Crippen LogP contribution >= 0.6 is 0 Å². The number of methoxy groups -OCH3 is 1. The van der Waals surface area contributed by atoms with Crippen LogP contribution in [0.5, 0.6) is 11.6 Å². The summed E-state index contributed by atoms with van der Waals surface area (Å²) < 4.78 is 5.03. The molecule has 0 aliphatic rings. The Hall–Kier alpha value is -2.03.